The fourth-order valence-electron chi connectivity index (χ4n) is 4.34. The van der Waals surface area contributed by atoms with Gasteiger partial charge in [-0.3, -0.25) is 14.4 Å². The summed E-state index contributed by atoms with van der Waals surface area (Å²) in [5.41, 5.74) is -0.101. The van der Waals surface area contributed by atoms with E-state index < -0.39 is 0 Å². The molecule has 7 heteroatoms. The Morgan fingerprint density at radius 2 is 1.89 bits per heavy atom. The van der Waals surface area contributed by atoms with E-state index >= 15 is 0 Å². The van der Waals surface area contributed by atoms with E-state index in [1.165, 1.54) is 12.1 Å². The highest BCUT2D eigenvalue weighted by Gasteiger charge is 2.41. The number of hydrogen-bond donors (Lipinski definition) is 0. The SMILES string of the molecule is Cc1cc(=O)cc(C(=O)N2CCC3(CCC(=O)N(CCCN(C)C)C3)CC2)o1. The van der Waals surface area contributed by atoms with Gasteiger partial charge in [-0.25, -0.2) is 0 Å². The van der Waals surface area contributed by atoms with Crippen molar-refractivity contribution in [3.05, 3.63) is 33.9 Å². The zero-order valence-corrected chi connectivity index (χ0v) is 17.2. The molecule has 2 aliphatic heterocycles. The number of hydrogen-bond acceptors (Lipinski definition) is 5. The van der Waals surface area contributed by atoms with Gasteiger partial charge in [-0.1, -0.05) is 0 Å². The second kappa shape index (κ2) is 8.47. The fraction of sp³-hybridized carbons (Fsp3) is 0.667. The minimum atomic E-state index is -0.217. The lowest BCUT2D eigenvalue weighted by Crippen LogP contribution is -2.52. The summed E-state index contributed by atoms with van der Waals surface area (Å²) in [5, 5.41) is 0. The highest BCUT2D eigenvalue weighted by Crippen LogP contribution is 2.40. The van der Waals surface area contributed by atoms with Crippen LogP contribution in [-0.2, 0) is 4.79 Å². The third-order valence-corrected chi connectivity index (χ3v) is 5.99. The largest absolute Gasteiger partial charge is 0.456 e. The number of likely N-dealkylation sites (tertiary alicyclic amines) is 2. The molecular formula is C21H31N3O4. The Labute approximate surface area is 166 Å². The molecule has 0 aromatic carbocycles. The lowest BCUT2D eigenvalue weighted by atomic mass is 9.72. The van der Waals surface area contributed by atoms with E-state index in [2.05, 4.69) is 4.90 Å². The van der Waals surface area contributed by atoms with Crippen LogP contribution in [0.3, 0.4) is 0 Å². The summed E-state index contributed by atoms with van der Waals surface area (Å²) in [6, 6.07) is 2.65. The van der Waals surface area contributed by atoms with Crippen molar-refractivity contribution in [3.63, 3.8) is 0 Å². The molecule has 154 valence electrons. The van der Waals surface area contributed by atoms with Crippen LogP contribution in [0.4, 0.5) is 0 Å². The number of carbonyl (C=O) groups excluding carboxylic acids is 2. The summed E-state index contributed by atoms with van der Waals surface area (Å²) in [7, 11) is 4.09. The van der Waals surface area contributed by atoms with E-state index in [0.29, 0.717) is 25.3 Å². The van der Waals surface area contributed by atoms with Crippen LogP contribution in [0.5, 0.6) is 0 Å². The van der Waals surface area contributed by atoms with Crippen molar-refractivity contribution in [3.8, 4) is 0 Å². The molecule has 0 bridgehead atoms. The molecule has 2 aliphatic rings. The molecule has 1 aromatic heterocycles. The molecule has 0 aliphatic carbocycles. The van der Waals surface area contributed by atoms with E-state index in [-0.39, 0.29) is 28.4 Å². The maximum Gasteiger partial charge on any atom is 0.289 e. The van der Waals surface area contributed by atoms with Crippen LogP contribution in [0, 0.1) is 12.3 Å². The molecule has 1 spiro atoms. The van der Waals surface area contributed by atoms with Crippen molar-refractivity contribution >= 4 is 11.8 Å². The number of rotatable bonds is 5. The van der Waals surface area contributed by atoms with Gasteiger partial charge in [0.25, 0.3) is 5.91 Å². The first-order valence-electron chi connectivity index (χ1n) is 10.1. The van der Waals surface area contributed by atoms with E-state index in [4.69, 9.17) is 4.42 Å². The molecule has 0 atom stereocenters. The lowest BCUT2D eigenvalue weighted by Gasteiger charge is -2.47. The van der Waals surface area contributed by atoms with E-state index in [1.807, 2.05) is 19.0 Å². The molecule has 0 unspecified atom stereocenters. The third kappa shape index (κ3) is 4.82. The third-order valence-electron chi connectivity index (χ3n) is 5.99. The smallest absolute Gasteiger partial charge is 0.289 e. The molecule has 1 aromatic rings. The van der Waals surface area contributed by atoms with E-state index in [1.54, 1.807) is 11.8 Å². The van der Waals surface area contributed by atoms with Gasteiger partial charge in [0.1, 0.15) is 5.76 Å². The first-order chi connectivity index (χ1) is 13.3. The summed E-state index contributed by atoms with van der Waals surface area (Å²) in [6.45, 7) is 5.51. The van der Waals surface area contributed by atoms with Crippen molar-refractivity contribution in [2.45, 2.75) is 39.0 Å². The maximum atomic E-state index is 12.7. The van der Waals surface area contributed by atoms with Crippen LogP contribution < -0.4 is 5.43 Å². The second-order valence-electron chi connectivity index (χ2n) is 8.53. The quantitative estimate of drug-likeness (QED) is 0.767. The molecule has 3 rings (SSSR count). The summed E-state index contributed by atoms with van der Waals surface area (Å²) < 4.78 is 5.46. The van der Waals surface area contributed by atoms with Gasteiger partial charge in [0.2, 0.25) is 5.91 Å². The standard InChI is InChI=1S/C21H31N3O4/c1-16-13-17(25)14-18(28-16)20(27)23-11-7-21(8-12-23)6-5-19(26)24(15-21)10-4-9-22(2)3/h13-14H,4-12,15H2,1-3H3. The number of carbonyl (C=O) groups is 2. The van der Waals surface area contributed by atoms with Crippen LogP contribution in [0.15, 0.2) is 21.3 Å². The highest BCUT2D eigenvalue weighted by molar-refractivity contribution is 5.91. The predicted molar refractivity (Wildman–Crippen MR) is 106 cm³/mol. The first-order valence-corrected chi connectivity index (χ1v) is 10.1. The summed E-state index contributed by atoms with van der Waals surface area (Å²) >= 11 is 0. The average Bonchev–Trinajstić information content (AvgIpc) is 2.64. The molecule has 2 saturated heterocycles. The normalized spacial score (nSPS) is 19.5. The highest BCUT2D eigenvalue weighted by atomic mass is 16.3. The molecule has 0 radical (unpaired) electrons. The molecule has 2 amide bonds. The predicted octanol–water partition coefficient (Wildman–Crippen LogP) is 1.74. The fourth-order valence-corrected chi connectivity index (χ4v) is 4.34. The van der Waals surface area contributed by atoms with Crippen LogP contribution in [-0.4, -0.2) is 73.3 Å². The van der Waals surface area contributed by atoms with Gasteiger partial charge in [-0.05, 0) is 58.7 Å². The van der Waals surface area contributed by atoms with Gasteiger partial charge in [-0.2, -0.15) is 0 Å². The van der Waals surface area contributed by atoms with Crippen molar-refractivity contribution in [1.82, 2.24) is 14.7 Å². The molecule has 0 saturated carbocycles. The molecule has 7 nitrogen and oxygen atoms in total. The minimum Gasteiger partial charge on any atom is -0.456 e. The van der Waals surface area contributed by atoms with Gasteiger partial charge in [-0.15, -0.1) is 0 Å². The van der Waals surface area contributed by atoms with Gasteiger partial charge >= 0.3 is 0 Å². The molecule has 2 fully saturated rings. The Bertz CT molecular complexity index is 778. The molecule has 28 heavy (non-hydrogen) atoms. The van der Waals surface area contributed by atoms with Crippen molar-refractivity contribution < 1.29 is 14.0 Å². The molecule has 3 heterocycles. The van der Waals surface area contributed by atoms with Crippen LogP contribution in [0.25, 0.3) is 0 Å². The number of piperidine rings is 2. The van der Waals surface area contributed by atoms with Crippen molar-refractivity contribution in [2.75, 3.05) is 46.8 Å². The summed E-state index contributed by atoms with van der Waals surface area (Å²) in [5.74, 6) is 0.600. The lowest BCUT2D eigenvalue weighted by molar-refractivity contribution is -0.139. The number of aryl methyl sites for hydroxylation is 1. The number of amides is 2. The summed E-state index contributed by atoms with van der Waals surface area (Å²) in [6.07, 6.45) is 4.24. The Hall–Kier alpha value is -2.15. The second-order valence-corrected chi connectivity index (χ2v) is 8.53. The van der Waals surface area contributed by atoms with Crippen LogP contribution in [0.1, 0.15) is 48.4 Å². The van der Waals surface area contributed by atoms with E-state index in [9.17, 15) is 14.4 Å². The number of nitrogens with zero attached hydrogens (tertiary/aromatic N) is 3. The van der Waals surface area contributed by atoms with Crippen LogP contribution >= 0.6 is 0 Å². The Balaban J connectivity index is 1.59. The Kier molecular flexibility index (Phi) is 6.23. The molecular weight excluding hydrogens is 358 g/mol. The van der Waals surface area contributed by atoms with Crippen molar-refractivity contribution in [1.29, 1.82) is 0 Å². The summed E-state index contributed by atoms with van der Waals surface area (Å²) in [4.78, 5) is 42.6. The zero-order valence-electron chi connectivity index (χ0n) is 17.2. The first kappa shape index (κ1) is 20.6. The molecule has 0 N–H and O–H groups in total. The Morgan fingerprint density at radius 3 is 2.54 bits per heavy atom. The maximum absolute atomic E-state index is 12.7. The Morgan fingerprint density at radius 1 is 1.18 bits per heavy atom. The van der Waals surface area contributed by atoms with Gasteiger partial charge < -0.3 is 19.1 Å². The topological polar surface area (TPSA) is 74.1 Å². The van der Waals surface area contributed by atoms with Gasteiger partial charge in [0.05, 0.1) is 0 Å². The van der Waals surface area contributed by atoms with E-state index in [0.717, 1.165) is 45.3 Å². The van der Waals surface area contributed by atoms with Gasteiger partial charge in [0, 0.05) is 44.7 Å². The van der Waals surface area contributed by atoms with Gasteiger partial charge in [0.15, 0.2) is 11.2 Å². The monoisotopic (exact) mass is 389 g/mol. The average molecular weight is 389 g/mol. The minimum absolute atomic E-state index is 0.107. The van der Waals surface area contributed by atoms with Crippen LogP contribution in [0.2, 0.25) is 0 Å². The zero-order chi connectivity index (χ0) is 20.3. The van der Waals surface area contributed by atoms with Crippen molar-refractivity contribution in [2.24, 2.45) is 5.41 Å².